The smallest absolute Gasteiger partial charge is 0.303 e. The van der Waals surface area contributed by atoms with Crippen LogP contribution >= 0.6 is 0 Å². The zero-order valence-corrected chi connectivity index (χ0v) is 16.1. The third kappa shape index (κ3) is 7.54. The van der Waals surface area contributed by atoms with Crippen molar-refractivity contribution in [2.45, 2.75) is 63.3 Å². The van der Waals surface area contributed by atoms with Gasteiger partial charge < -0.3 is 20.4 Å². The summed E-state index contributed by atoms with van der Waals surface area (Å²) in [6.07, 6.45) is 12.8. The summed E-state index contributed by atoms with van der Waals surface area (Å²) >= 11 is 0. The van der Waals surface area contributed by atoms with Crippen molar-refractivity contribution in [2.75, 3.05) is 0 Å². The number of aromatic nitrogens is 1. The van der Waals surface area contributed by atoms with E-state index in [9.17, 15) is 20.1 Å². The van der Waals surface area contributed by atoms with Crippen LogP contribution in [0.3, 0.4) is 0 Å². The fourth-order valence-electron chi connectivity index (χ4n) is 3.66. The highest BCUT2D eigenvalue weighted by molar-refractivity contribution is 5.66. The van der Waals surface area contributed by atoms with E-state index in [4.69, 9.17) is 5.11 Å². The number of hydrogen-bond donors (Lipinski definition) is 4. The van der Waals surface area contributed by atoms with Crippen molar-refractivity contribution in [1.82, 2.24) is 4.98 Å². The lowest BCUT2D eigenvalue weighted by Gasteiger charge is -2.19. The summed E-state index contributed by atoms with van der Waals surface area (Å²) in [6, 6.07) is 3.84. The van der Waals surface area contributed by atoms with Gasteiger partial charge in [-0.25, -0.2) is 0 Å². The molecule has 0 saturated heterocycles. The zero-order chi connectivity index (χ0) is 20.4. The topological polar surface area (TPSA) is 111 Å². The highest BCUT2D eigenvalue weighted by Gasteiger charge is 2.39. The van der Waals surface area contributed by atoms with Crippen LogP contribution in [-0.4, -0.2) is 49.7 Å². The number of rotatable bonds is 11. The van der Waals surface area contributed by atoms with Gasteiger partial charge >= 0.3 is 5.97 Å². The molecule has 6 nitrogen and oxygen atoms in total. The third-order valence-electron chi connectivity index (χ3n) is 5.26. The number of pyridine rings is 1. The van der Waals surface area contributed by atoms with Crippen LogP contribution in [0.1, 0.15) is 44.1 Å². The molecule has 1 aliphatic carbocycles. The first-order valence-electron chi connectivity index (χ1n) is 9.95. The van der Waals surface area contributed by atoms with Crippen LogP contribution in [0.2, 0.25) is 0 Å². The molecule has 6 heteroatoms. The van der Waals surface area contributed by atoms with Crippen LogP contribution in [0.25, 0.3) is 0 Å². The van der Waals surface area contributed by atoms with Crippen LogP contribution in [0.4, 0.5) is 0 Å². The maximum Gasteiger partial charge on any atom is 0.303 e. The molecule has 4 N–H and O–H groups in total. The van der Waals surface area contributed by atoms with E-state index in [2.05, 4.69) is 4.98 Å². The Kier molecular flexibility index (Phi) is 9.34. The number of carboxylic acids is 1. The van der Waals surface area contributed by atoms with Crippen LogP contribution in [0, 0.1) is 11.8 Å². The fraction of sp³-hybridized carbons (Fsp3) is 0.545. The molecule has 0 amide bonds. The average Bonchev–Trinajstić information content (AvgIpc) is 2.94. The molecule has 0 radical (unpaired) electrons. The van der Waals surface area contributed by atoms with Crippen molar-refractivity contribution < 1.29 is 25.2 Å². The Morgan fingerprint density at radius 3 is 2.82 bits per heavy atom. The second kappa shape index (κ2) is 11.7. The molecule has 2 rings (SSSR count). The summed E-state index contributed by atoms with van der Waals surface area (Å²) in [4.78, 5) is 14.6. The summed E-state index contributed by atoms with van der Waals surface area (Å²) in [7, 11) is 0. The SMILES string of the molecule is O=C(O)CCC/C=C\C[C@@H]1[C@@H](/C=C/C(O)CCc2cccnc2)[C@H](O)C[C@@H]1O. The lowest BCUT2D eigenvalue weighted by atomic mass is 9.89. The van der Waals surface area contributed by atoms with Crippen LogP contribution in [-0.2, 0) is 11.2 Å². The summed E-state index contributed by atoms with van der Waals surface area (Å²) in [5.74, 6) is -1.10. The van der Waals surface area contributed by atoms with Gasteiger partial charge in [-0.2, -0.15) is 0 Å². The maximum atomic E-state index is 10.5. The number of aliphatic hydroxyl groups excluding tert-OH is 3. The molecule has 0 aliphatic heterocycles. The molecule has 0 spiro atoms. The number of carboxylic acid groups (broad SMARTS) is 1. The van der Waals surface area contributed by atoms with Gasteiger partial charge in [-0.05, 0) is 49.7 Å². The van der Waals surface area contributed by atoms with Gasteiger partial charge in [0.25, 0.3) is 0 Å². The van der Waals surface area contributed by atoms with Crippen molar-refractivity contribution >= 4 is 5.97 Å². The molecule has 1 saturated carbocycles. The molecule has 1 heterocycles. The fourth-order valence-corrected chi connectivity index (χ4v) is 3.66. The summed E-state index contributed by atoms with van der Waals surface area (Å²) in [6.45, 7) is 0. The van der Waals surface area contributed by atoms with Gasteiger partial charge in [-0.1, -0.05) is 30.4 Å². The minimum Gasteiger partial charge on any atom is -0.481 e. The average molecular weight is 389 g/mol. The maximum absolute atomic E-state index is 10.5. The largest absolute Gasteiger partial charge is 0.481 e. The highest BCUT2D eigenvalue weighted by atomic mass is 16.4. The van der Waals surface area contributed by atoms with Gasteiger partial charge in [-0.3, -0.25) is 9.78 Å². The first-order chi connectivity index (χ1) is 13.5. The first-order valence-corrected chi connectivity index (χ1v) is 9.95. The Morgan fingerprint density at radius 2 is 2.11 bits per heavy atom. The molecule has 5 atom stereocenters. The van der Waals surface area contributed by atoms with Gasteiger partial charge in [0, 0.05) is 31.2 Å². The van der Waals surface area contributed by atoms with Gasteiger partial charge in [0.15, 0.2) is 0 Å². The van der Waals surface area contributed by atoms with Crippen LogP contribution in [0.5, 0.6) is 0 Å². The van der Waals surface area contributed by atoms with Gasteiger partial charge in [0.1, 0.15) is 0 Å². The van der Waals surface area contributed by atoms with Gasteiger partial charge in [-0.15, -0.1) is 0 Å². The van der Waals surface area contributed by atoms with Crippen molar-refractivity contribution in [3.63, 3.8) is 0 Å². The van der Waals surface area contributed by atoms with E-state index in [1.165, 1.54) is 0 Å². The summed E-state index contributed by atoms with van der Waals surface area (Å²) in [5, 5.41) is 39.4. The quantitative estimate of drug-likeness (QED) is 0.342. The number of allylic oxidation sites excluding steroid dienone is 2. The van der Waals surface area contributed by atoms with Crippen molar-refractivity contribution in [3.8, 4) is 0 Å². The highest BCUT2D eigenvalue weighted by Crippen LogP contribution is 2.36. The molecule has 1 aliphatic rings. The molecule has 28 heavy (non-hydrogen) atoms. The van der Waals surface area contributed by atoms with Crippen LogP contribution < -0.4 is 0 Å². The summed E-state index contributed by atoms with van der Waals surface area (Å²) < 4.78 is 0. The molecular formula is C22H31NO5. The van der Waals surface area contributed by atoms with E-state index in [0.717, 1.165) is 12.0 Å². The number of unbranched alkanes of at least 4 members (excludes halogenated alkanes) is 1. The predicted molar refractivity (Wildman–Crippen MR) is 107 cm³/mol. The number of nitrogens with zero attached hydrogens (tertiary/aromatic N) is 1. The molecule has 1 aromatic heterocycles. The predicted octanol–water partition coefficient (Wildman–Crippen LogP) is 2.49. The standard InChI is InChI=1S/C22H31NO5/c24-17(10-9-16-6-5-13-23-15-16)11-12-19-18(20(25)14-21(19)26)7-3-1-2-4-8-22(27)28/h1,3,5-6,11-13,15,17-21,24-26H,2,4,7-10,14H2,(H,27,28)/b3-1-,12-11+/t17?,18-,19-,20+,21-/m1/s1. The molecule has 1 fully saturated rings. The second-order valence-electron chi connectivity index (χ2n) is 7.46. The van der Waals surface area contributed by atoms with E-state index < -0.39 is 24.3 Å². The molecular weight excluding hydrogens is 358 g/mol. The van der Waals surface area contributed by atoms with Crippen molar-refractivity contribution in [2.24, 2.45) is 11.8 Å². The first kappa shape index (κ1) is 22.3. The van der Waals surface area contributed by atoms with E-state index >= 15 is 0 Å². The van der Waals surface area contributed by atoms with E-state index in [0.29, 0.717) is 32.1 Å². The Balaban J connectivity index is 1.82. The number of hydrogen-bond acceptors (Lipinski definition) is 5. The zero-order valence-electron chi connectivity index (χ0n) is 16.1. The van der Waals surface area contributed by atoms with Crippen molar-refractivity contribution in [1.29, 1.82) is 0 Å². The molecule has 154 valence electrons. The summed E-state index contributed by atoms with van der Waals surface area (Å²) in [5.41, 5.74) is 1.07. The van der Waals surface area contributed by atoms with Gasteiger partial charge in [0.2, 0.25) is 0 Å². The number of carbonyl (C=O) groups is 1. The van der Waals surface area contributed by atoms with E-state index in [-0.39, 0.29) is 18.3 Å². The molecule has 1 unspecified atom stereocenters. The molecule has 0 bridgehead atoms. The van der Waals surface area contributed by atoms with Crippen molar-refractivity contribution in [3.05, 3.63) is 54.4 Å². The third-order valence-corrected chi connectivity index (χ3v) is 5.26. The molecule has 1 aromatic rings. The Labute approximate surface area is 166 Å². The minimum absolute atomic E-state index is 0.104. The molecule has 0 aromatic carbocycles. The van der Waals surface area contributed by atoms with Gasteiger partial charge in [0.05, 0.1) is 18.3 Å². The lowest BCUT2D eigenvalue weighted by molar-refractivity contribution is -0.137. The van der Waals surface area contributed by atoms with E-state index in [1.54, 1.807) is 18.5 Å². The Morgan fingerprint density at radius 1 is 1.29 bits per heavy atom. The van der Waals surface area contributed by atoms with Crippen LogP contribution in [0.15, 0.2) is 48.8 Å². The Hall–Kier alpha value is -2.02. The lowest BCUT2D eigenvalue weighted by Crippen LogP contribution is -2.20. The normalized spacial score (nSPS) is 26.2. The Bertz CT molecular complexity index is 646. The second-order valence-corrected chi connectivity index (χ2v) is 7.46. The number of aliphatic carboxylic acids is 1. The van der Waals surface area contributed by atoms with E-state index in [1.807, 2.05) is 30.4 Å². The minimum atomic E-state index is -0.796. The monoisotopic (exact) mass is 389 g/mol. The number of aliphatic hydroxyl groups is 3. The number of aryl methyl sites for hydroxylation is 1.